The molecule has 0 bridgehead atoms. The second-order valence-electron chi connectivity index (χ2n) is 5.61. The molecular weight excluding hydrogens is 274 g/mol. The highest BCUT2D eigenvalue weighted by molar-refractivity contribution is 7.11. The molecule has 1 aromatic rings. The van der Waals surface area contributed by atoms with E-state index in [4.69, 9.17) is 5.11 Å². The fourth-order valence-electron chi connectivity index (χ4n) is 2.87. The summed E-state index contributed by atoms with van der Waals surface area (Å²) >= 11 is 1.74. The smallest absolute Gasteiger partial charge is 0.307 e. The number of carbonyl (C=O) groups excluding carboxylic acids is 1. The zero-order valence-electron chi connectivity index (χ0n) is 11.9. The third-order valence-corrected chi connectivity index (χ3v) is 4.88. The van der Waals surface area contributed by atoms with Crippen molar-refractivity contribution in [1.29, 1.82) is 0 Å². The number of aliphatic carboxylic acids is 1. The van der Waals surface area contributed by atoms with Crippen molar-refractivity contribution in [3.8, 4) is 0 Å². The van der Waals surface area contributed by atoms with Gasteiger partial charge in [-0.1, -0.05) is 6.42 Å². The topological polar surface area (TPSA) is 66.4 Å². The van der Waals surface area contributed by atoms with Crippen LogP contribution in [0.1, 0.15) is 35.9 Å². The summed E-state index contributed by atoms with van der Waals surface area (Å²) in [6.45, 7) is 4.03. The molecular formula is C15H21NO3S. The van der Waals surface area contributed by atoms with Crippen LogP contribution in [0.25, 0.3) is 0 Å². The number of thiophene rings is 1. The lowest BCUT2D eigenvalue weighted by atomic mass is 9.95. The van der Waals surface area contributed by atoms with Crippen LogP contribution in [0.3, 0.4) is 0 Å². The van der Waals surface area contributed by atoms with Crippen molar-refractivity contribution in [2.75, 3.05) is 0 Å². The van der Waals surface area contributed by atoms with Crippen LogP contribution in [0.15, 0.2) is 12.1 Å². The monoisotopic (exact) mass is 295 g/mol. The summed E-state index contributed by atoms with van der Waals surface area (Å²) < 4.78 is 0. The Hall–Kier alpha value is -1.36. The predicted molar refractivity (Wildman–Crippen MR) is 78.8 cm³/mol. The fraction of sp³-hybridized carbons (Fsp3) is 0.600. The second-order valence-corrected chi connectivity index (χ2v) is 6.98. The summed E-state index contributed by atoms with van der Waals surface area (Å²) in [6, 6.07) is 4.19. The van der Waals surface area contributed by atoms with E-state index in [-0.39, 0.29) is 17.9 Å². The van der Waals surface area contributed by atoms with Crippen molar-refractivity contribution >= 4 is 23.2 Å². The molecule has 1 fully saturated rings. The van der Waals surface area contributed by atoms with Gasteiger partial charge in [0, 0.05) is 22.2 Å². The molecule has 2 rings (SSSR count). The van der Waals surface area contributed by atoms with E-state index in [1.165, 1.54) is 9.75 Å². The molecule has 2 N–H and O–H groups in total. The molecule has 110 valence electrons. The number of carbonyl (C=O) groups is 2. The van der Waals surface area contributed by atoms with E-state index in [1.807, 2.05) is 6.92 Å². The van der Waals surface area contributed by atoms with E-state index >= 15 is 0 Å². The first kappa shape index (κ1) is 15.0. The number of hydrogen-bond acceptors (Lipinski definition) is 3. The van der Waals surface area contributed by atoms with E-state index in [9.17, 15) is 9.59 Å². The molecule has 5 heteroatoms. The maximum Gasteiger partial charge on any atom is 0.307 e. The van der Waals surface area contributed by atoms with E-state index in [0.717, 1.165) is 12.8 Å². The number of carboxylic acid groups (broad SMARTS) is 1. The SMILES string of the molecule is Cc1ccc(CC(C)NC(=O)[C@@H]2CCC[C@@H]2C(=O)O)s1. The van der Waals surface area contributed by atoms with Gasteiger partial charge >= 0.3 is 5.97 Å². The van der Waals surface area contributed by atoms with Gasteiger partial charge in [0.15, 0.2) is 0 Å². The molecule has 4 nitrogen and oxygen atoms in total. The van der Waals surface area contributed by atoms with Crippen molar-refractivity contribution in [2.45, 2.75) is 45.6 Å². The van der Waals surface area contributed by atoms with Crippen molar-refractivity contribution in [3.63, 3.8) is 0 Å². The Morgan fingerprint density at radius 1 is 1.40 bits per heavy atom. The molecule has 0 aliphatic heterocycles. The molecule has 1 amide bonds. The van der Waals surface area contributed by atoms with Crippen LogP contribution in [0.4, 0.5) is 0 Å². The van der Waals surface area contributed by atoms with E-state index in [1.54, 1.807) is 11.3 Å². The zero-order valence-corrected chi connectivity index (χ0v) is 12.7. The van der Waals surface area contributed by atoms with Gasteiger partial charge in [-0.15, -0.1) is 11.3 Å². The Kier molecular flexibility index (Phi) is 4.81. The predicted octanol–water partition coefficient (Wildman–Crippen LogP) is 2.60. The third kappa shape index (κ3) is 3.60. The molecule has 1 aromatic heterocycles. The number of rotatable bonds is 5. The van der Waals surface area contributed by atoms with Crippen LogP contribution in [-0.2, 0) is 16.0 Å². The van der Waals surface area contributed by atoms with E-state index in [0.29, 0.717) is 12.8 Å². The molecule has 1 unspecified atom stereocenters. The highest BCUT2D eigenvalue weighted by Crippen LogP contribution is 2.32. The number of amides is 1. The highest BCUT2D eigenvalue weighted by atomic mass is 32.1. The fourth-order valence-corrected chi connectivity index (χ4v) is 3.89. The largest absolute Gasteiger partial charge is 0.481 e. The Bertz CT molecular complexity index is 497. The summed E-state index contributed by atoms with van der Waals surface area (Å²) in [5.41, 5.74) is 0. The lowest BCUT2D eigenvalue weighted by molar-refractivity contribution is -0.146. The summed E-state index contributed by atoms with van der Waals surface area (Å²) in [6.07, 6.45) is 2.93. The summed E-state index contributed by atoms with van der Waals surface area (Å²) in [5.74, 6) is -1.81. The van der Waals surface area contributed by atoms with Crippen LogP contribution in [0.5, 0.6) is 0 Å². The minimum atomic E-state index is -0.843. The Labute approximate surface area is 123 Å². The molecule has 0 aromatic carbocycles. The number of hydrogen-bond donors (Lipinski definition) is 2. The Morgan fingerprint density at radius 3 is 2.70 bits per heavy atom. The van der Waals surface area contributed by atoms with Crippen molar-refractivity contribution in [2.24, 2.45) is 11.8 Å². The Balaban J connectivity index is 1.89. The van der Waals surface area contributed by atoms with Gasteiger partial charge in [0.05, 0.1) is 11.8 Å². The van der Waals surface area contributed by atoms with Gasteiger partial charge < -0.3 is 10.4 Å². The molecule has 3 atom stereocenters. The molecule has 1 aliphatic carbocycles. The van der Waals surface area contributed by atoms with Gasteiger partial charge in [-0.2, -0.15) is 0 Å². The van der Waals surface area contributed by atoms with Gasteiger partial charge in [-0.05, 0) is 38.8 Å². The van der Waals surface area contributed by atoms with Gasteiger partial charge in [-0.25, -0.2) is 0 Å². The summed E-state index contributed by atoms with van der Waals surface area (Å²) in [4.78, 5) is 25.8. The molecule has 20 heavy (non-hydrogen) atoms. The lowest BCUT2D eigenvalue weighted by Gasteiger charge is -2.19. The van der Waals surface area contributed by atoms with Gasteiger partial charge in [-0.3, -0.25) is 9.59 Å². The quantitative estimate of drug-likeness (QED) is 0.877. The van der Waals surface area contributed by atoms with E-state index in [2.05, 4.69) is 24.4 Å². The second kappa shape index (κ2) is 6.39. The number of aryl methyl sites for hydroxylation is 1. The van der Waals surface area contributed by atoms with Crippen molar-refractivity contribution < 1.29 is 14.7 Å². The maximum atomic E-state index is 12.2. The van der Waals surface area contributed by atoms with Crippen LogP contribution in [0, 0.1) is 18.8 Å². The lowest BCUT2D eigenvalue weighted by Crippen LogP contribution is -2.40. The minimum absolute atomic E-state index is 0.0376. The minimum Gasteiger partial charge on any atom is -0.481 e. The molecule has 0 saturated heterocycles. The normalized spacial score (nSPS) is 23.5. The van der Waals surface area contributed by atoms with Crippen molar-refractivity contribution in [1.82, 2.24) is 5.32 Å². The molecule has 0 radical (unpaired) electrons. The van der Waals surface area contributed by atoms with Gasteiger partial charge in [0.1, 0.15) is 0 Å². The first-order valence-corrected chi connectivity index (χ1v) is 7.87. The number of nitrogens with one attached hydrogen (secondary N) is 1. The van der Waals surface area contributed by atoms with Crippen LogP contribution in [-0.4, -0.2) is 23.0 Å². The standard InChI is InChI=1S/C15H21NO3S/c1-9(8-11-7-6-10(2)20-11)16-14(17)12-4-3-5-13(12)15(18)19/h6-7,9,12-13H,3-5,8H2,1-2H3,(H,16,17)(H,18,19)/t9?,12-,13+/m1/s1. The maximum absolute atomic E-state index is 12.2. The molecule has 1 saturated carbocycles. The van der Waals surface area contributed by atoms with Crippen molar-refractivity contribution in [3.05, 3.63) is 21.9 Å². The van der Waals surface area contributed by atoms with E-state index < -0.39 is 11.9 Å². The summed E-state index contributed by atoms with van der Waals surface area (Å²) in [7, 11) is 0. The van der Waals surface area contributed by atoms with Gasteiger partial charge in [0.25, 0.3) is 0 Å². The van der Waals surface area contributed by atoms with Crippen LogP contribution in [0.2, 0.25) is 0 Å². The van der Waals surface area contributed by atoms with Crippen LogP contribution < -0.4 is 5.32 Å². The number of carboxylic acids is 1. The molecule has 0 spiro atoms. The molecule has 1 aliphatic rings. The summed E-state index contributed by atoms with van der Waals surface area (Å²) in [5, 5.41) is 12.1. The zero-order chi connectivity index (χ0) is 14.7. The average molecular weight is 295 g/mol. The Morgan fingerprint density at radius 2 is 2.10 bits per heavy atom. The molecule has 1 heterocycles. The average Bonchev–Trinajstić information content (AvgIpc) is 2.97. The van der Waals surface area contributed by atoms with Gasteiger partial charge in [0.2, 0.25) is 5.91 Å². The van der Waals surface area contributed by atoms with Crippen LogP contribution >= 0.6 is 11.3 Å². The third-order valence-electron chi connectivity index (χ3n) is 3.86. The first-order chi connectivity index (χ1) is 9.47. The highest BCUT2D eigenvalue weighted by Gasteiger charge is 2.37. The first-order valence-electron chi connectivity index (χ1n) is 7.06.